The molecule has 0 saturated carbocycles. The van der Waals surface area contributed by atoms with Crippen LogP contribution < -0.4 is 0 Å². The zero-order valence-corrected chi connectivity index (χ0v) is 11.4. The first-order valence-electron chi connectivity index (χ1n) is 6.16. The van der Waals surface area contributed by atoms with Gasteiger partial charge in [-0.1, -0.05) is 33.8 Å². The van der Waals surface area contributed by atoms with Crippen LogP contribution in [0.15, 0.2) is 18.2 Å². The number of hydrogen-bond donors (Lipinski definition) is 0. The molecule has 1 aromatic carbocycles. The minimum atomic E-state index is -0.647. The van der Waals surface area contributed by atoms with Crippen LogP contribution in [-0.4, -0.2) is 5.78 Å². The summed E-state index contributed by atoms with van der Waals surface area (Å²) < 4.78 is 26.1. The van der Waals surface area contributed by atoms with Crippen LogP contribution in [0.25, 0.3) is 0 Å². The lowest BCUT2D eigenvalue weighted by Crippen LogP contribution is -2.21. The van der Waals surface area contributed by atoms with Gasteiger partial charge in [-0.05, 0) is 23.0 Å². The van der Waals surface area contributed by atoms with Crippen molar-refractivity contribution in [2.75, 3.05) is 0 Å². The summed E-state index contributed by atoms with van der Waals surface area (Å²) in [6, 6.07) is 3.33. The van der Waals surface area contributed by atoms with Crippen LogP contribution in [0.3, 0.4) is 0 Å². The Bertz CT molecular complexity index is 433. The fourth-order valence-corrected chi connectivity index (χ4v) is 1.60. The number of carbonyl (C=O) groups is 1. The maximum atomic E-state index is 13.4. The number of hydrogen-bond acceptors (Lipinski definition) is 1. The average molecular weight is 254 g/mol. The minimum Gasteiger partial charge on any atom is -0.299 e. The van der Waals surface area contributed by atoms with Gasteiger partial charge in [-0.15, -0.1) is 0 Å². The van der Waals surface area contributed by atoms with Crippen molar-refractivity contribution in [1.29, 1.82) is 0 Å². The second-order valence-corrected chi connectivity index (χ2v) is 5.92. The van der Waals surface area contributed by atoms with Gasteiger partial charge in [-0.3, -0.25) is 4.79 Å². The molecule has 0 bridgehead atoms. The summed E-state index contributed by atoms with van der Waals surface area (Å²) in [5.74, 6) is -1.05. The zero-order valence-electron chi connectivity index (χ0n) is 11.4. The van der Waals surface area contributed by atoms with Gasteiger partial charge in [0, 0.05) is 18.9 Å². The summed E-state index contributed by atoms with van der Waals surface area (Å²) >= 11 is 0. The molecule has 3 heteroatoms. The van der Waals surface area contributed by atoms with Crippen molar-refractivity contribution in [2.24, 2.45) is 11.3 Å². The summed E-state index contributed by atoms with van der Waals surface area (Å²) in [5.41, 5.74) is 0.319. The molecular formula is C15H20F2O. The third-order valence-electron chi connectivity index (χ3n) is 3.41. The summed E-state index contributed by atoms with van der Waals surface area (Å²) in [4.78, 5) is 11.8. The number of Topliss-reactive ketones (excluding diaryl/α,β-unsaturated/α-hetero) is 1. The second-order valence-electron chi connectivity index (χ2n) is 5.92. The van der Waals surface area contributed by atoms with Crippen LogP contribution in [0, 0.1) is 23.0 Å². The van der Waals surface area contributed by atoms with E-state index < -0.39 is 11.6 Å². The minimum absolute atomic E-state index is 0.0112. The molecule has 0 aromatic heterocycles. The van der Waals surface area contributed by atoms with Crippen LogP contribution in [0.2, 0.25) is 0 Å². The number of carbonyl (C=O) groups excluding carboxylic acids is 1. The maximum Gasteiger partial charge on any atom is 0.137 e. The Balaban J connectivity index is 2.65. The summed E-state index contributed by atoms with van der Waals surface area (Å²) in [5, 5.41) is 0. The molecular weight excluding hydrogens is 234 g/mol. The van der Waals surface area contributed by atoms with Crippen molar-refractivity contribution in [2.45, 2.75) is 40.5 Å². The fraction of sp³-hybridized carbons (Fsp3) is 0.533. The molecule has 0 aliphatic heterocycles. The molecule has 100 valence electrons. The molecule has 0 N–H and O–H groups in total. The molecule has 1 unspecified atom stereocenters. The van der Waals surface area contributed by atoms with E-state index in [1.807, 2.05) is 6.92 Å². The van der Waals surface area contributed by atoms with Gasteiger partial charge in [0.05, 0.1) is 0 Å². The molecule has 1 rings (SSSR count). The average Bonchev–Trinajstić information content (AvgIpc) is 2.20. The van der Waals surface area contributed by atoms with E-state index in [9.17, 15) is 13.6 Å². The van der Waals surface area contributed by atoms with Crippen LogP contribution in [0.4, 0.5) is 8.78 Å². The highest BCUT2D eigenvalue weighted by molar-refractivity contribution is 5.81. The van der Waals surface area contributed by atoms with Crippen LogP contribution in [0.1, 0.15) is 39.7 Å². The van der Waals surface area contributed by atoms with Gasteiger partial charge in [0.2, 0.25) is 0 Å². The maximum absolute atomic E-state index is 13.4. The van der Waals surface area contributed by atoms with E-state index >= 15 is 0 Å². The molecule has 0 aliphatic rings. The first-order chi connectivity index (χ1) is 8.20. The SMILES string of the molecule is CC(CC(=O)Cc1ccc(F)cc1F)C(C)(C)C. The van der Waals surface area contributed by atoms with E-state index in [-0.39, 0.29) is 29.1 Å². The van der Waals surface area contributed by atoms with Gasteiger partial charge >= 0.3 is 0 Å². The lowest BCUT2D eigenvalue weighted by atomic mass is 9.79. The van der Waals surface area contributed by atoms with E-state index in [0.717, 1.165) is 6.07 Å². The number of ketones is 1. The van der Waals surface area contributed by atoms with Crippen molar-refractivity contribution >= 4 is 5.78 Å². The van der Waals surface area contributed by atoms with Gasteiger partial charge in [0.15, 0.2) is 0 Å². The molecule has 1 atom stereocenters. The van der Waals surface area contributed by atoms with Gasteiger partial charge in [0.25, 0.3) is 0 Å². The summed E-state index contributed by atoms with van der Waals surface area (Å²) in [6.45, 7) is 8.23. The molecule has 0 radical (unpaired) electrons. The Kier molecular flexibility index (Phi) is 4.60. The predicted octanol–water partition coefficient (Wildman–Crippen LogP) is 4.15. The first kappa shape index (κ1) is 14.8. The normalized spacial score (nSPS) is 13.4. The van der Waals surface area contributed by atoms with Crippen molar-refractivity contribution < 1.29 is 13.6 Å². The highest BCUT2D eigenvalue weighted by Gasteiger charge is 2.22. The molecule has 1 aromatic rings. The van der Waals surface area contributed by atoms with Crippen LogP contribution in [0.5, 0.6) is 0 Å². The molecule has 0 aliphatic carbocycles. The molecule has 0 spiro atoms. The fourth-order valence-electron chi connectivity index (χ4n) is 1.60. The standard InChI is InChI=1S/C15H20F2O/c1-10(15(2,3)4)7-13(18)8-11-5-6-12(16)9-14(11)17/h5-6,9-10H,7-8H2,1-4H3. The molecule has 0 fully saturated rings. The number of benzene rings is 1. The Hall–Kier alpha value is -1.25. The lowest BCUT2D eigenvalue weighted by molar-refractivity contribution is -0.120. The van der Waals surface area contributed by atoms with Gasteiger partial charge in [-0.2, -0.15) is 0 Å². The van der Waals surface area contributed by atoms with E-state index in [4.69, 9.17) is 0 Å². The summed E-state index contributed by atoms with van der Waals surface area (Å²) in [6.07, 6.45) is 0.451. The first-order valence-corrected chi connectivity index (χ1v) is 6.16. The molecule has 1 nitrogen and oxygen atoms in total. The smallest absolute Gasteiger partial charge is 0.137 e. The highest BCUT2D eigenvalue weighted by Crippen LogP contribution is 2.28. The monoisotopic (exact) mass is 254 g/mol. The molecule has 0 heterocycles. The Morgan fingerprint density at radius 3 is 2.39 bits per heavy atom. The van der Waals surface area contributed by atoms with Crippen molar-refractivity contribution in [1.82, 2.24) is 0 Å². The van der Waals surface area contributed by atoms with E-state index in [2.05, 4.69) is 20.8 Å². The molecule has 0 saturated heterocycles. The van der Waals surface area contributed by atoms with E-state index in [1.54, 1.807) is 0 Å². The second kappa shape index (κ2) is 5.59. The van der Waals surface area contributed by atoms with E-state index in [1.165, 1.54) is 12.1 Å². The van der Waals surface area contributed by atoms with Gasteiger partial charge in [0.1, 0.15) is 17.4 Å². The zero-order chi connectivity index (χ0) is 13.9. The topological polar surface area (TPSA) is 17.1 Å². The molecule has 0 amide bonds. The van der Waals surface area contributed by atoms with E-state index in [0.29, 0.717) is 6.42 Å². The largest absolute Gasteiger partial charge is 0.299 e. The predicted molar refractivity (Wildman–Crippen MR) is 68.3 cm³/mol. The van der Waals surface area contributed by atoms with Crippen LogP contribution >= 0.6 is 0 Å². The highest BCUT2D eigenvalue weighted by atomic mass is 19.1. The Labute approximate surface area is 107 Å². The number of rotatable bonds is 4. The Morgan fingerprint density at radius 2 is 1.89 bits per heavy atom. The van der Waals surface area contributed by atoms with Gasteiger partial charge in [-0.25, -0.2) is 8.78 Å². The summed E-state index contributed by atoms with van der Waals surface area (Å²) in [7, 11) is 0. The molecule has 18 heavy (non-hydrogen) atoms. The van der Waals surface area contributed by atoms with Gasteiger partial charge < -0.3 is 0 Å². The lowest BCUT2D eigenvalue weighted by Gasteiger charge is -2.26. The number of halogens is 2. The Morgan fingerprint density at radius 1 is 1.28 bits per heavy atom. The third kappa shape index (κ3) is 4.21. The van der Waals surface area contributed by atoms with Crippen molar-refractivity contribution in [3.8, 4) is 0 Å². The third-order valence-corrected chi connectivity index (χ3v) is 3.41. The van der Waals surface area contributed by atoms with Crippen molar-refractivity contribution in [3.05, 3.63) is 35.4 Å². The van der Waals surface area contributed by atoms with Crippen molar-refractivity contribution in [3.63, 3.8) is 0 Å². The quantitative estimate of drug-likeness (QED) is 0.789. The van der Waals surface area contributed by atoms with Crippen LogP contribution in [-0.2, 0) is 11.2 Å².